The number of phenolic OH excluding ortho intramolecular Hbond substituents is 1. The van der Waals surface area contributed by atoms with Crippen LogP contribution in [0.3, 0.4) is 0 Å². The van der Waals surface area contributed by atoms with E-state index in [4.69, 9.17) is 0 Å². The number of hydrogen-bond donors (Lipinski definition) is 3. The van der Waals surface area contributed by atoms with Crippen LogP contribution in [-0.4, -0.2) is 27.5 Å². The van der Waals surface area contributed by atoms with Gasteiger partial charge in [-0.05, 0) is 48.4 Å². The van der Waals surface area contributed by atoms with E-state index in [9.17, 15) is 9.90 Å². The van der Waals surface area contributed by atoms with Gasteiger partial charge < -0.3 is 15.7 Å². The van der Waals surface area contributed by atoms with Crippen LogP contribution in [0.1, 0.15) is 36.9 Å². The molecule has 2 amide bonds. The number of carbonyl (C=O) groups is 1. The molecule has 0 spiro atoms. The minimum Gasteiger partial charge on any atom is -0.508 e. The second-order valence-electron chi connectivity index (χ2n) is 6.48. The molecule has 0 radical (unpaired) electrons. The van der Waals surface area contributed by atoms with E-state index in [0.717, 1.165) is 36.9 Å². The highest BCUT2D eigenvalue weighted by Gasteiger charge is 2.23. The summed E-state index contributed by atoms with van der Waals surface area (Å²) in [6.45, 7) is 3.44. The van der Waals surface area contributed by atoms with Crippen molar-refractivity contribution in [1.29, 1.82) is 0 Å². The summed E-state index contributed by atoms with van der Waals surface area (Å²) in [5.41, 5.74) is 1.99. The van der Waals surface area contributed by atoms with Crippen molar-refractivity contribution in [2.45, 2.75) is 38.8 Å². The topological polar surface area (TPSA) is 79.2 Å². The molecule has 0 aliphatic heterocycles. The molecule has 128 valence electrons. The van der Waals surface area contributed by atoms with E-state index in [0.29, 0.717) is 18.2 Å². The first-order chi connectivity index (χ1) is 11.6. The van der Waals surface area contributed by atoms with Gasteiger partial charge in [0, 0.05) is 25.5 Å². The summed E-state index contributed by atoms with van der Waals surface area (Å²) in [7, 11) is 0. The first kappa shape index (κ1) is 16.4. The summed E-state index contributed by atoms with van der Waals surface area (Å²) < 4.78 is 1.87. The van der Waals surface area contributed by atoms with Gasteiger partial charge >= 0.3 is 6.03 Å². The van der Waals surface area contributed by atoms with Crippen LogP contribution >= 0.6 is 0 Å². The summed E-state index contributed by atoms with van der Waals surface area (Å²) in [6, 6.07) is 7.21. The molecular formula is C18H24N4O2. The summed E-state index contributed by atoms with van der Waals surface area (Å²) in [5.74, 6) is 0.616. The number of nitrogens with one attached hydrogen (secondary N) is 2. The number of nitrogens with zero attached hydrogens (tertiary/aromatic N) is 2. The van der Waals surface area contributed by atoms with Crippen LogP contribution in [0, 0.1) is 5.92 Å². The molecule has 0 unspecified atom stereocenters. The molecule has 0 saturated carbocycles. The molecule has 3 rings (SSSR count). The highest BCUT2D eigenvalue weighted by Crippen LogP contribution is 2.34. The zero-order valence-electron chi connectivity index (χ0n) is 13.9. The second-order valence-corrected chi connectivity index (χ2v) is 6.48. The van der Waals surface area contributed by atoms with Crippen molar-refractivity contribution in [2.75, 3.05) is 6.54 Å². The van der Waals surface area contributed by atoms with Crippen LogP contribution in [0.5, 0.6) is 5.75 Å². The number of urea groups is 1. The van der Waals surface area contributed by atoms with Gasteiger partial charge in [-0.15, -0.1) is 0 Å². The second kappa shape index (κ2) is 7.38. The number of aromatic hydroxyl groups is 1. The molecule has 0 fully saturated rings. The maximum Gasteiger partial charge on any atom is 0.315 e. The maximum absolute atomic E-state index is 12.2. The summed E-state index contributed by atoms with van der Waals surface area (Å²) in [5, 5.41) is 20.1. The van der Waals surface area contributed by atoms with E-state index >= 15 is 0 Å². The zero-order valence-corrected chi connectivity index (χ0v) is 13.9. The third-order valence-corrected chi connectivity index (χ3v) is 4.46. The van der Waals surface area contributed by atoms with Crippen molar-refractivity contribution in [3.8, 4) is 5.75 Å². The molecule has 1 aromatic carbocycles. The Morgan fingerprint density at radius 3 is 3.12 bits per heavy atom. The lowest BCUT2D eigenvalue weighted by atomic mass is 9.87. The van der Waals surface area contributed by atoms with Gasteiger partial charge in [-0.25, -0.2) is 4.79 Å². The number of aromatic nitrogens is 2. The summed E-state index contributed by atoms with van der Waals surface area (Å²) >= 11 is 0. The highest BCUT2D eigenvalue weighted by atomic mass is 16.3. The molecule has 6 heteroatoms. The van der Waals surface area contributed by atoms with Crippen LogP contribution in [-0.2, 0) is 13.0 Å². The van der Waals surface area contributed by atoms with Crippen LogP contribution in [0.4, 0.5) is 4.79 Å². The SMILES string of the molecule is C[C@@H](CNC(=O)N[C@H]1CCCc2c(O)cccc21)Cn1cccn1. The molecule has 2 atom stereocenters. The molecule has 1 heterocycles. The Kier molecular flexibility index (Phi) is 5.03. The minimum absolute atomic E-state index is 0.0396. The average Bonchev–Trinajstić information content (AvgIpc) is 3.07. The molecule has 24 heavy (non-hydrogen) atoms. The molecule has 1 aromatic heterocycles. The molecule has 6 nitrogen and oxygen atoms in total. The molecule has 1 aliphatic carbocycles. The van der Waals surface area contributed by atoms with Crippen molar-refractivity contribution in [3.05, 3.63) is 47.8 Å². The molecular weight excluding hydrogens is 304 g/mol. The van der Waals surface area contributed by atoms with Gasteiger partial charge in [-0.3, -0.25) is 4.68 Å². The van der Waals surface area contributed by atoms with Gasteiger partial charge in [-0.2, -0.15) is 5.10 Å². The molecule has 0 bridgehead atoms. The lowest BCUT2D eigenvalue weighted by Crippen LogP contribution is -2.41. The summed E-state index contributed by atoms with van der Waals surface area (Å²) in [6.07, 6.45) is 6.39. The number of phenols is 1. The smallest absolute Gasteiger partial charge is 0.315 e. The Balaban J connectivity index is 1.52. The lowest BCUT2D eigenvalue weighted by molar-refractivity contribution is 0.233. The van der Waals surface area contributed by atoms with E-state index in [1.807, 2.05) is 29.1 Å². The highest BCUT2D eigenvalue weighted by molar-refractivity contribution is 5.74. The number of amides is 2. The van der Waals surface area contributed by atoms with Gasteiger partial charge in [0.1, 0.15) is 5.75 Å². The van der Waals surface area contributed by atoms with Crippen LogP contribution in [0.2, 0.25) is 0 Å². The van der Waals surface area contributed by atoms with Crippen LogP contribution in [0.15, 0.2) is 36.7 Å². The lowest BCUT2D eigenvalue weighted by Gasteiger charge is -2.27. The fourth-order valence-electron chi connectivity index (χ4n) is 3.25. The molecule has 2 aromatic rings. The van der Waals surface area contributed by atoms with Crippen molar-refractivity contribution in [1.82, 2.24) is 20.4 Å². The monoisotopic (exact) mass is 328 g/mol. The van der Waals surface area contributed by atoms with E-state index in [-0.39, 0.29) is 12.1 Å². The van der Waals surface area contributed by atoms with Crippen molar-refractivity contribution >= 4 is 6.03 Å². The normalized spacial score (nSPS) is 17.8. The van der Waals surface area contributed by atoms with E-state index in [2.05, 4.69) is 22.7 Å². The Morgan fingerprint density at radius 2 is 2.33 bits per heavy atom. The van der Waals surface area contributed by atoms with Gasteiger partial charge in [0.2, 0.25) is 0 Å². The minimum atomic E-state index is -0.163. The largest absolute Gasteiger partial charge is 0.508 e. The molecule has 1 aliphatic rings. The van der Waals surface area contributed by atoms with Crippen molar-refractivity contribution in [2.24, 2.45) is 5.92 Å². The van der Waals surface area contributed by atoms with Crippen molar-refractivity contribution < 1.29 is 9.90 Å². The number of rotatable bonds is 5. The van der Waals surface area contributed by atoms with Gasteiger partial charge in [0.25, 0.3) is 0 Å². The third-order valence-electron chi connectivity index (χ3n) is 4.46. The number of benzene rings is 1. The standard InChI is InChI=1S/C18H24N4O2/c1-13(12-22-10-4-9-20-22)11-19-18(24)21-16-7-2-6-15-14(16)5-3-8-17(15)23/h3-5,8-10,13,16,23H,2,6-7,11-12H2,1H3,(H2,19,21,24)/t13-,16-/m0/s1. The zero-order chi connectivity index (χ0) is 16.9. The van der Waals surface area contributed by atoms with E-state index < -0.39 is 0 Å². The Bertz CT molecular complexity index is 684. The fraction of sp³-hybridized carbons (Fsp3) is 0.444. The first-order valence-corrected chi connectivity index (χ1v) is 8.46. The predicted molar refractivity (Wildman–Crippen MR) is 91.7 cm³/mol. The fourth-order valence-corrected chi connectivity index (χ4v) is 3.25. The molecule has 0 saturated heterocycles. The predicted octanol–water partition coefficient (Wildman–Crippen LogP) is 2.60. The number of fused-ring (bicyclic) bond motifs is 1. The molecule has 3 N–H and O–H groups in total. The van der Waals surface area contributed by atoms with Crippen molar-refractivity contribution in [3.63, 3.8) is 0 Å². The first-order valence-electron chi connectivity index (χ1n) is 8.46. The average molecular weight is 328 g/mol. The van der Waals surface area contributed by atoms with Crippen LogP contribution in [0.25, 0.3) is 0 Å². The number of carbonyl (C=O) groups excluding carboxylic acids is 1. The van der Waals surface area contributed by atoms with E-state index in [1.54, 1.807) is 12.3 Å². The third kappa shape index (κ3) is 3.88. The maximum atomic E-state index is 12.2. The quantitative estimate of drug-likeness (QED) is 0.789. The van der Waals surface area contributed by atoms with Crippen LogP contribution < -0.4 is 10.6 Å². The van der Waals surface area contributed by atoms with Gasteiger partial charge in [-0.1, -0.05) is 19.1 Å². The summed E-state index contributed by atoms with van der Waals surface area (Å²) in [4.78, 5) is 12.2. The van der Waals surface area contributed by atoms with Gasteiger partial charge in [0.05, 0.1) is 6.04 Å². The number of hydrogen-bond acceptors (Lipinski definition) is 3. The Hall–Kier alpha value is -2.50. The van der Waals surface area contributed by atoms with Gasteiger partial charge in [0.15, 0.2) is 0 Å². The Labute approximate surface area is 141 Å². The Morgan fingerprint density at radius 1 is 1.46 bits per heavy atom. The van der Waals surface area contributed by atoms with E-state index in [1.165, 1.54) is 0 Å².